The van der Waals surface area contributed by atoms with E-state index >= 15 is 0 Å². The molecule has 0 heterocycles. The first kappa shape index (κ1) is 10.3. The van der Waals surface area contributed by atoms with Crippen molar-refractivity contribution in [3.63, 3.8) is 0 Å². The number of rotatable bonds is 3. The minimum Gasteiger partial charge on any atom is -0.393 e. The molecule has 0 bridgehead atoms. The maximum atomic E-state index is 10.5. The lowest BCUT2D eigenvalue weighted by atomic mass is 10.2. The standard InChI is InChI=1S/C9H13N3O2/c1-6(2)11-7-3-4-9(12(13)14)8(10)5-7/h3-6,11H,10H2,1-2H3. The van der Waals surface area contributed by atoms with E-state index in [0.29, 0.717) is 0 Å². The summed E-state index contributed by atoms with van der Waals surface area (Å²) in [5.41, 5.74) is 6.44. The summed E-state index contributed by atoms with van der Waals surface area (Å²) in [5.74, 6) is 0. The second-order valence-electron chi connectivity index (χ2n) is 3.33. The molecule has 0 fully saturated rings. The number of nitrogens with zero attached hydrogens (tertiary/aromatic N) is 1. The molecule has 0 saturated carbocycles. The molecule has 0 aliphatic rings. The number of nitrogens with two attached hydrogens (primary N) is 1. The SMILES string of the molecule is CC(C)Nc1ccc([N+](=O)[O-])c(N)c1. The first-order chi connectivity index (χ1) is 6.50. The Kier molecular flexibility index (Phi) is 2.91. The van der Waals surface area contributed by atoms with Crippen LogP contribution in [0.5, 0.6) is 0 Å². The molecule has 0 unspecified atom stereocenters. The molecule has 0 saturated heterocycles. The molecule has 0 atom stereocenters. The summed E-state index contributed by atoms with van der Waals surface area (Å²) in [6.45, 7) is 3.97. The monoisotopic (exact) mass is 195 g/mol. The summed E-state index contributed by atoms with van der Waals surface area (Å²) in [4.78, 5) is 9.97. The number of nitrogens with one attached hydrogen (secondary N) is 1. The number of hydrogen-bond acceptors (Lipinski definition) is 4. The van der Waals surface area contributed by atoms with Crippen LogP contribution < -0.4 is 11.1 Å². The molecule has 5 nitrogen and oxygen atoms in total. The molecule has 0 amide bonds. The number of nitrogen functional groups attached to an aromatic ring is 1. The van der Waals surface area contributed by atoms with Crippen molar-refractivity contribution < 1.29 is 4.92 Å². The van der Waals surface area contributed by atoms with E-state index in [-0.39, 0.29) is 17.4 Å². The largest absolute Gasteiger partial charge is 0.393 e. The van der Waals surface area contributed by atoms with E-state index in [1.165, 1.54) is 6.07 Å². The molecule has 0 aromatic heterocycles. The maximum Gasteiger partial charge on any atom is 0.292 e. The van der Waals surface area contributed by atoms with Gasteiger partial charge < -0.3 is 11.1 Å². The van der Waals surface area contributed by atoms with Crippen molar-refractivity contribution in [2.45, 2.75) is 19.9 Å². The van der Waals surface area contributed by atoms with Crippen molar-refractivity contribution in [3.05, 3.63) is 28.3 Å². The summed E-state index contributed by atoms with van der Waals surface area (Å²) in [6, 6.07) is 4.89. The van der Waals surface area contributed by atoms with Crippen LogP contribution in [-0.2, 0) is 0 Å². The molecule has 14 heavy (non-hydrogen) atoms. The molecule has 1 aromatic rings. The van der Waals surface area contributed by atoms with Crippen LogP contribution >= 0.6 is 0 Å². The number of anilines is 2. The molecule has 0 aliphatic carbocycles. The van der Waals surface area contributed by atoms with Crippen LogP contribution in [0, 0.1) is 10.1 Å². The van der Waals surface area contributed by atoms with Crippen LogP contribution in [0.1, 0.15) is 13.8 Å². The number of benzene rings is 1. The summed E-state index contributed by atoms with van der Waals surface area (Å²) < 4.78 is 0. The first-order valence-electron chi connectivity index (χ1n) is 4.31. The fraction of sp³-hybridized carbons (Fsp3) is 0.333. The Hall–Kier alpha value is -1.78. The fourth-order valence-electron chi connectivity index (χ4n) is 1.14. The van der Waals surface area contributed by atoms with Gasteiger partial charge in [-0.05, 0) is 26.0 Å². The molecule has 0 radical (unpaired) electrons. The second kappa shape index (κ2) is 3.95. The summed E-state index contributed by atoms with van der Waals surface area (Å²) in [6.07, 6.45) is 0. The highest BCUT2D eigenvalue weighted by atomic mass is 16.6. The lowest BCUT2D eigenvalue weighted by Crippen LogP contribution is -2.10. The van der Waals surface area contributed by atoms with Crippen LogP contribution in [0.25, 0.3) is 0 Å². The Morgan fingerprint density at radius 2 is 2.14 bits per heavy atom. The molecular formula is C9H13N3O2. The van der Waals surface area contributed by atoms with Crippen LogP contribution in [-0.4, -0.2) is 11.0 Å². The second-order valence-corrected chi connectivity index (χ2v) is 3.33. The van der Waals surface area contributed by atoms with Gasteiger partial charge in [-0.1, -0.05) is 0 Å². The van der Waals surface area contributed by atoms with Gasteiger partial charge in [0.05, 0.1) is 4.92 Å². The average molecular weight is 195 g/mol. The lowest BCUT2D eigenvalue weighted by Gasteiger charge is -2.09. The minimum absolute atomic E-state index is 0.0562. The van der Waals surface area contributed by atoms with Gasteiger partial charge in [0.25, 0.3) is 5.69 Å². The Morgan fingerprint density at radius 3 is 2.57 bits per heavy atom. The summed E-state index contributed by atoms with van der Waals surface area (Å²) in [5, 5.41) is 13.6. The van der Waals surface area contributed by atoms with Gasteiger partial charge in [0, 0.05) is 17.8 Å². The minimum atomic E-state index is -0.492. The maximum absolute atomic E-state index is 10.5. The van der Waals surface area contributed by atoms with E-state index < -0.39 is 4.92 Å². The third-order valence-electron chi connectivity index (χ3n) is 1.68. The Labute approximate surface area is 82.1 Å². The predicted molar refractivity (Wildman–Crippen MR) is 56.3 cm³/mol. The van der Waals surface area contributed by atoms with E-state index in [1.54, 1.807) is 12.1 Å². The Morgan fingerprint density at radius 1 is 1.50 bits per heavy atom. The fourth-order valence-corrected chi connectivity index (χ4v) is 1.14. The average Bonchev–Trinajstić information content (AvgIpc) is 2.01. The van der Waals surface area contributed by atoms with Crippen LogP contribution in [0.4, 0.5) is 17.1 Å². The highest BCUT2D eigenvalue weighted by Gasteiger charge is 2.10. The molecule has 1 aromatic carbocycles. The predicted octanol–water partition coefficient (Wildman–Crippen LogP) is 2.00. The van der Waals surface area contributed by atoms with E-state index in [9.17, 15) is 10.1 Å². The zero-order valence-electron chi connectivity index (χ0n) is 8.15. The molecule has 1 rings (SSSR count). The quantitative estimate of drug-likeness (QED) is 0.439. The smallest absolute Gasteiger partial charge is 0.292 e. The van der Waals surface area contributed by atoms with Gasteiger partial charge in [-0.2, -0.15) is 0 Å². The first-order valence-corrected chi connectivity index (χ1v) is 4.31. The lowest BCUT2D eigenvalue weighted by molar-refractivity contribution is -0.383. The van der Waals surface area contributed by atoms with Crippen LogP contribution in [0.15, 0.2) is 18.2 Å². The molecule has 3 N–H and O–H groups in total. The molecular weight excluding hydrogens is 182 g/mol. The molecule has 76 valence electrons. The van der Waals surface area contributed by atoms with Gasteiger partial charge in [-0.3, -0.25) is 10.1 Å². The topological polar surface area (TPSA) is 81.2 Å². The molecule has 0 aliphatic heterocycles. The third kappa shape index (κ3) is 2.35. The van der Waals surface area contributed by atoms with Gasteiger partial charge in [0.1, 0.15) is 5.69 Å². The van der Waals surface area contributed by atoms with Gasteiger partial charge in [0.2, 0.25) is 0 Å². The van der Waals surface area contributed by atoms with E-state index in [1.807, 2.05) is 13.8 Å². The van der Waals surface area contributed by atoms with Crippen molar-refractivity contribution in [2.24, 2.45) is 0 Å². The zero-order valence-corrected chi connectivity index (χ0v) is 8.15. The third-order valence-corrected chi connectivity index (χ3v) is 1.68. The number of nitro groups is 1. The highest BCUT2D eigenvalue weighted by molar-refractivity contribution is 5.65. The van der Waals surface area contributed by atoms with Gasteiger partial charge in [-0.25, -0.2) is 0 Å². The number of nitro benzene ring substituents is 1. The van der Waals surface area contributed by atoms with Crippen LogP contribution in [0.3, 0.4) is 0 Å². The van der Waals surface area contributed by atoms with Crippen molar-refractivity contribution in [2.75, 3.05) is 11.1 Å². The van der Waals surface area contributed by atoms with Gasteiger partial charge in [0.15, 0.2) is 0 Å². The van der Waals surface area contributed by atoms with E-state index in [2.05, 4.69) is 5.32 Å². The Balaban J connectivity index is 2.94. The molecule has 0 spiro atoms. The van der Waals surface area contributed by atoms with Gasteiger partial charge >= 0.3 is 0 Å². The molecule has 5 heteroatoms. The highest BCUT2D eigenvalue weighted by Crippen LogP contribution is 2.24. The number of hydrogen-bond donors (Lipinski definition) is 2. The summed E-state index contributed by atoms with van der Waals surface area (Å²) >= 11 is 0. The van der Waals surface area contributed by atoms with Crippen molar-refractivity contribution in [1.82, 2.24) is 0 Å². The van der Waals surface area contributed by atoms with Crippen molar-refractivity contribution >= 4 is 17.1 Å². The normalized spacial score (nSPS) is 10.2. The van der Waals surface area contributed by atoms with E-state index in [4.69, 9.17) is 5.73 Å². The van der Waals surface area contributed by atoms with Crippen molar-refractivity contribution in [1.29, 1.82) is 0 Å². The van der Waals surface area contributed by atoms with Crippen LogP contribution in [0.2, 0.25) is 0 Å². The van der Waals surface area contributed by atoms with Gasteiger partial charge in [-0.15, -0.1) is 0 Å². The van der Waals surface area contributed by atoms with E-state index in [0.717, 1.165) is 5.69 Å². The van der Waals surface area contributed by atoms with Crippen molar-refractivity contribution in [3.8, 4) is 0 Å². The zero-order chi connectivity index (χ0) is 10.7. The summed E-state index contributed by atoms with van der Waals surface area (Å²) in [7, 11) is 0. The Bertz CT molecular complexity index is 350.